The van der Waals surface area contributed by atoms with E-state index in [9.17, 15) is 14.4 Å². The summed E-state index contributed by atoms with van der Waals surface area (Å²) in [5.74, 6) is -1.91. The highest BCUT2D eigenvalue weighted by Crippen LogP contribution is 2.44. The minimum absolute atomic E-state index is 0.0278. The van der Waals surface area contributed by atoms with Gasteiger partial charge in [0, 0.05) is 31.5 Å². The van der Waals surface area contributed by atoms with Crippen molar-refractivity contribution < 1.29 is 24.2 Å². The summed E-state index contributed by atoms with van der Waals surface area (Å²) in [5, 5.41) is 11.8. The number of carbonyl (C=O) groups excluding carboxylic acids is 2. The SMILES string of the molecule is CC(CN(C)C(=O)CC(C)(C)NC(=O)OCC1c2ccccc2-c2ccccc21)C(=O)O. The number of benzene rings is 2. The third kappa shape index (κ3) is 5.28. The fourth-order valence-corrected chi connectivity index (χ4v) is 4.06. The van der Waals surface area contributed by atoms with Gasteiger partial charge in [-0.3, -0.25) is 9.59 Å². The summed E-state index contributed by atoms with van der Waals surface area (Å²) in [6.07, 6.45) is -0.564. The predicted molar refractivity (Wildman–Crippen MR) is 121 cm³/mol. The number of alkyl carbamates (subject to hydrolysis) is 1. The van der Waals surface area contributed by atoms with Crippen LogP contribution in [0.5, 0.6) is 0 Å². The van der Waals surface area contributed by atoms with E-state index in [-0.39, 0.29) is 31.4 Å². The van der Waals surface area contributed by atoms with Crippen molar-refractivity contribution in [2.45, 2.75) is 38.6 Å². The molecule has 0 saturated heterocycles. The number of carboxylic acids is 1. The molecule has 1 aliphatic carbocycles. The van der Waals surface area contributed by atoms with E-state index in [4.69, 9.17) is 9.84 Å². The Bertz CT molecular complexity index is 971. The Balaban J connectivity index is 1.58. The largest absolute Gasteiger partial charge is 0.481 e. The van der Waals surface area contributed by atoms with E-state index in [1.54, 1.807) is 27.8 Å². The van der Waals surface area contributed by atoms with Gasteiger partial charge in [0.05, 0.1) is 5.92 Å². The molecule has 3 rings (SSSR count). The molecule has 7 nitrogen and oxygen atoms in total. The van der Waals surface area contributed by atoms with Crippen LogP contribution in [0.4, 0.5) is 4.79 Å². The zero-order chi connectivity index (χ0) is 23.5. The summed E-state index contributed by atoms with van der Waals surface area (Å²) in [5.41, 5.74) is 3.72. The molecule has 1 unspecified atom stereocenters. The average Bonchev–Trinajstić information content (AvgIpc) is 3.05. The molecule has 0 aliphatic heterocycles. The van der Waals surface area contributed by atoms with Gasteiger partial charge in [0.1, 0.15) is 6.61 Å². The van der Waals surface area contributed by atoms with Crippen molar-refractivity contribution in [2.24, 2.45) is 5.92 Å². The van der Waals surface area contributed by atoms with Crippen molar-refractivity contribution in [3.8, 4) is 11.1 Å². The van der Waals surface area contributed by atoms with Gasteiger partial charge in [-0.2, -0.15) is 0 Å². The zero-order valence-electron chi connectivity index (χ0n) is 18.9. The van der Waals surface area contributed by atoms with Gasteiger partial charge in [0.15, 0.2) is 0 Å². The summed E-state index contributed by atoms with van der Waals surface area (Å²) < 4.78 is 5.56. The van der Waals surface area contributed by atoms with E-state index in [0.717, 1.165) is 22.3 Å². The molecule has 0 heterocycles. The van der Waals surface area contributed by atoms with Gasteiger partial charge in [0.25, 0.3) is 0 Å². The second-order valence-corrected chi connectivity index (χ2v) is 9.02. The van der Waals surface area contributed by atoms with Crippen LogP contribution in [0.3, 0.4) is 0 Å². The standard InChI is InChI=1S/C25H30N2O5/c1-16(23(29)30)14-27(4)22(28)13-25(2,3)26-24(31)32-15-21-19-11-7-5-9-17(19)18-10-6-8-12-20(18)21/h5-12,16,21H,13-15H2,1-4H3,(H,26,31)(H,29,30). The van der Waals surface area contributed by atoms with E-state index in [1.165, 1.54) is 4.90 Å². The number of amides is 2. The Morgan fingerprint density at radius 1 is 1.06 bits per heavy atom. The summed E-state index contributed by atoms with van der Waals surface area (Å²) >= 11 is 0. The monoisotopic (exact) mass is 438 g/mol. The molecule has 0 fully saturated rings. The fourth-order valence-electron chi connectivity index (χ4n) is 4.06. The molecule has 0 radical (unpaired) electrons. The van der Waals surface area contributed by atoms with Crippen molar-refractivity contribution in [3.63, 3.8) is 0 Å². The van der Waals surface area contributed by atoms with Crippen LogP contribution in [0.25, 0.3) is 11.1 Å². The molecule has 2 aromatic rings. The predicted octanol–water partition coefficient (Wildman–Crippen LogP) is 3.87. The first kappa shape index (κ1) is 23.3. The second-order valence-electron chi connectivity index (χ2n) is 9.02. The van der Waals surface area contributed by atoms with Gasteiger partial charge >= 0.3 is 12.1 Å². The molecule has 7 heteroatoms. The first-order valence-electron chi connectivity index (χ1n) is 10.7. The van der Waals surface area contributed by atoms with E-state index in [0.29, 0.717) is 0 Å². The van der Waals surface area contributed by atoms with Crippen LogP contribution in [0.15, 0.2) is 48.5 Å². The number of fused-ring (bicyclic) bond motifs is 3. The van der Waals surface area contributed by atoms with Gasteiger partial charge in [-0.05, 0) is 36.1 Å². The van der Waals surface area contributed by atoms with E-state index < -0.39 is 23.5 Å². The van der Waals surface area contributed by atoms with Crippen LogP contribution < -0.4 is 5.32 Å². The Morgan fingerprint density at radius 2 is 1.59 bits per heavy atom. The molecule has 32 heavy (non-hydrogen) atoms. The zero-order valence-corrected chi connectivity index (χ0v) is 18.9. The lowest BCUT2D eigenvalue weighted by Gasteiger charge is -2.28. The lowest BCUT2D eigenvalue weighted by atomic mass is 9.98. The van der Waals surface area contributed by atoms with E-state index in [1.807, 2.05) is 24.3 Å². The molecule has 0 bridgehead atoms. The normalized spacial score (nSPS) is 13.6. The van der Waals surface area contributed by atoms with Gasteiger partial charge in [-0.25, -0.2) is 4.79 Å². The molecule has 0 saturated carbocycles. The van der Waals surface area contributed by atoms with Gasteiger partial charge in [-0.1, -0.05) is 55.5 Å². The lowest BCUT2D eigenvalue weighted by Crippen LogP contribution is -2.48. The molecule has 1 aliphatic rings. The average molecular weight is 439 g/mol. The maximum absolute atomic E-state index is 12.5. The fraction of sp³-hybridized carbons (Fsp3) is 0.400. The summed E-state index contributed by atoms with van der Waals surface area (Å²) in [6.45, 7) is 5.32. The summed E-state index contributed by atoms with van der Waals surface area (Å²) in [7, 11) is 1.56. The molecule has 2 aromatic carbocycles. The number of carbonyl (C=O) groups is 3. The first-order chi connectivity index (χ1) is 15.1. The molecule has 0 spiro atoms. The lowest BCUT2D eigenvalue weighted by molar-refractivity contribution is -0.142. The smallest absolute Gasteiger partial charge is 0.407 e. The van der Waals surface area contributed by atoms with Crippen LogP contribution >= 0.6 is 0 Å². The number of ether oxygens (including phenoxy) is 1. The number of nitrogens with one attached hydrogen (secondary N) is 1. The number of hydrogen-bond donors (Lipinski definition) is 2. The van der Waals surface area contributed by atoms with Crippen molar-refractivity contribution in [3.05, 3.63) is 59.7 Å². The van der Waals surface area contributed by atoms with E-state index in [2.05, 4.69) is 29.6 Å². The van der Waals surface area contributed by atoms with Crippen molar-refractivity contribution >= 4 is 18.0 Å². The highest BCUT2D eigenvalue weighted by Gasteiger charge is 2.31. The molecular formula is C25H30N2O5. The van der Waals surface area contributed by atoms with Gasteiger partial charge < -0.3 is 20.1 Å². The maximum Gasteiger partial charge on any atom is 0.407 e. The minimum atomic E-state index is -0.958. The third-order valence-corrected chi connectivity index (χ3v) is 5.77. The van der Waals surface area contributed by atoms with Crippen molar-refractivity contribution in [1.82, 2.24) is 10.2 Å². The summed E-state index contributed by atoms with van der Waals surface area (Å²) in [6, 6.07) is 16.2. The number of aliphatic carboxylic acids is 1. The topological polar surface area (TPSA) is 95.9 Å². The molecular weight excluding hydrogens is 408 g/mol. The first-order valence-corrected chi connectivity index (χ1v) is 10.7. The van der Waals surface area contributed by atoms with Crippen molar-refractivity contribution in [1.29, 1.82) is 0 Å². The molecule has 170 valence electrons. The van der Waals surface area contributed by atoms with Crippen LogP contribution in [-0.2, 0) is 14.3 Å². The van der Waals surface area contributed by atoms with Crippen LogP contribution in [0, 0.1) is 5.92 Å². The van der Waals surface area contributed by atoms with Crippen molar-refractivity contribution in [2.75, 3.05) is 20.2 Å². The quantitative estimate of drug-likeness (QED) is 0.652. The third-order valence-electron chi connectivity index (χ3n) is 5.77. The van der Waals surface area contributed by atoms with Gasteiger partial charge in [-0.15, -0.1) is 0 Å². The minimum Gasteiger partial charge on any atom is -0.481 e. The van der Waals surface area contributed by atoms with Gasteiger partial charge in [0.2, 0.25) is 5.91 Å². The number of hydrogen-bond acceptors (Lipinski definition) is 4. The Kier molecular flexibility index (Phi) is 6.87. The van der Waals surface area contributed by atoms with Crippen LogP contribution in [0.2, 0.25) is 0 Å². The Morgan fingerprint density at radius 3 is 2.12 bits per heavy atom. The highest BCUT2D eigenvalue weighted by molar-refractivity contribution is 5.80. The number of nitrogens with zero attached hydrogens (tertiary/aromatic N) is 1. The number of carboxylic acid groups (broad SMARTS) is 1. The molecule has 2 N–H and O–H groups in total. The maximum atomic E-state index is 12.5. The number of rotatable bonds is 8. The Hall–Kier alpha value is -3.35. The summed E-state index contributed by atoms with van der Waals surface area (Å²) in [4.78, 5) is 37.4. The highest BCUT2D eigenvalue weighted by atomic mass is 16.5. The van der Waals surface area contributed by atoms with Crippen LogP contribution in [0.1, 0.15) is 44.2 Å². The molecule has 2 amide bonds. The van der Waals surface area contributed by atoms with E-state index >= 15 is 0 Å². The molecule has 1 atom stereocenters. The second kappa shape index (κ2) is 9.42. The molecule has 0 aromatic heterocycles. The van der Waals surface area contributed by atoms with Crippen LogP contribution in [-0.4, -0.2) is 53.7 Å². The Labute approximate surface area is 188 Å².